The highest BCUT2D eigenvalue weighted by Crippen LogP contribution is 2.23. The number of hydrogen-bond acceptors (Lipinski definition) is 4. The summed E-state index contributed by atoms with van der Waals surface area (Å²) in [7, 11) is 0. The zero-order chi connectivity index (χ0) is 16.2. The number of halogens is 1. The van der Waals surface area contributed by atoms with Crippen LogP contribution in [0.2, 0.25) is 0 Å². The first-order valence-electron chi connectivity index (χ1n) is 7.07. The number of carbonyl (C=O) groups is 1. The molecule has 0 spiro atoms. The van der Waals surface area contributed by atoms with Crippen LogP contribution in [0.1, 0.15) is 28.9 Å². The predicted molar refractivity (Wildman–Crippen MR) is 89.8 cm³/mol. The van der Waals surface area contributed by atoms with E-state index in [0.717, 1.165) is 15.6 Å². The lowest BCUT2D eigenvalue weighted by Gasteiger charge is -2.16. The molecule has 5 nitrogen and oxygen atoms in total. The highest BCUT2D eigenvalue weighted by Gasteiger charge is 2.14. The highest BCUT2D eigenvalue weighted by molar-refractivity contribution is 9.10. The van der Waals surface area contributed by atoms with Crippen molar-refractivity contribution in [3.05, 3.63) is 70.5 Å². The molecular weight excluding hydrogens is 358 g/mol. The van der Waals surface area contributed by atoms with Crippen LogP contribution < -0.4 is 5.32 Å². The quantitative estimate of drug-likeness (QED) is 0.752. The molecule has 0 saturated carbocycles. The lowest BCUT2D eigenvalue weighted by Crippen LogP contribution is -2.26. The molecule has 1 aromatic heterocycles. The molecule has 0 aliphatic carbocycles. The molecule has 0 aliphatic heterocycles. The van der Waals surface area contributed by atoms with Gasteiger partial charge < -0.3 is 9.73 Å². The van der Waals surface area contributed by atoms with Crippen molar-refractivity contribution in [3.63, 3.8) is 0 Å². The van der Waals surface area contributed by atoms with Crippen LogP contribution in [-0.4, -0.2) is 16.1 Å². The molecule has 0 bridgehead atoms. The van der Waals surface area contributed by atoms with Crippen LogP contribution in [0.3, 0.4) is 0 Å². The molecule has 116 valence electrons. The Labute approximate surface area is 141 Å². The maximum absolute atomic E-state index is 12.4. The van der Waals surface area contributed by atoms with Crippen LogP contribution in [0.5, 0.6) is 0 Å². The van der Waals surface area contributed by atoms with E-state index < -0.39 is 0 Å². The molecule has 23 heavy (non-hydrogen) atoms. The van der Waals surface area contributed by atoms with Crippen molar-refractivity contribution in [2.75, 3.05) is 0 Å². The van der Waals surface area contributed by atoms with Gasteiger partial charge in [0.2, 0.25) is 12.3 Å². The summed E-state index contributed by atoms with van der Waals surface area (Å²) in [6, 6.07) is 14.8. The van der Waals surface area contributed by atoms with Crippen LogP contribution in [0, 0.1) is 0 Å². The van der Waals surface area contributed by atoms with Gasteiger partial charge in [0.1, 0.15) is 0 Å². The number of nitrogens with zero attached hydrogens (tertiary/aromatic N) is 2. The van der Waals surface area contributed by atoms with Crippen LogP contribution in [0.4, 0.5) is 0 Å². The van der Waals surface area contributed by atoms with Crippen molar-refractivity contribution in [2.45, 2.75) is 13.0 Å². The Morgan fingerprint density at radius 3 is 2.57 bits per heavy atom. The lowest BCUT2D eigenvalue weighted by molar-refractivity contribution is 0.0940. The predicted octanol–water partition coefficient (Wildman–Crippen LogP) is 3.99. The molecule has 6 heteroatoms. The van der Waals surface area contributed by atoms with Crippen LogP contribution in [-0.2, 0) is 0 Å². The largest absolute Gasteiger partial charge is 0.423 e. The van der Waals surface area contributed by atoms with E-state index in [2.05, 4.69) is 31.4 Å². The van der Waals surface area contributed by atoms with Crippen molar-refractivity contribution in [3.8, 4) is 11.5 Å². The lowest BCUT2D eigenvalue weighted by atomic mass is 10.1. The van der Waals surface area contributed by atoms with E-state index in [1.54, 1.807) is 24.3 Å². The van der Waals surface area contributed by atoms with Crippen molar-refractivity contribution < 1.29 is 9.21 Å². The number of hydrogen-bond donors (Lipinski definition) is 1. The van der Waals surface area contributed by atoms with Crippen molar-refractivity contribution in [1.29, 1.82) is 0 Å². The number of benzene rings is 2. The minimum Gasteiger partial charge on any atom is -0.423 e. The average molecular weight is 372 g/mol. The number of rotatable bonds is 4. The maximum Gasteiger partial charge on any atom is 0.251 e. The van der Waals surface area contributed by atoms with E-state index in [-0.39, 0.29) is 11.9 Å². The van der Waals surface area contributed by atoms with Gasteiger partial charge in [-0.3, -0.25) is 4.79 Å². The summed E-state index contributed by atoms with van der Waals surface area (Å²) in [5.74, 6) is 0.295. The normalized spacial score (nSPS) is 11.9. The minimum atomic E-state index is -0.134. The standard InChI is InChI=1S/C17H14BrN3O2/c1-11(14-4-2-3-5-15(14)18)20-16(22)12-6-8-13(9-7-12)17-21-19-10-23-17/h2-11H,1H3,(H,20,22)/t11-/m0/s1. The van der Waals surface area contributed by atoms with Crippen LogP contribution >= 0.6 is 15.9 Å². The number of nitrogens with one attached hydrogen (secondary N) is 1. The van der Waals surface area contributed by atoms with Gasteiger partial charge >= 0.3 is 0 Å². The summed E-state index contributed by atoms with van der Waals surface area (Å²) in [5.41, 5.74) is 2.38. The Morgan fingerprint density at radius 2 is 1.91 bits per heavy atom. The smallest absolute Gasteiger partial charge is 0.251 e. The third-order valence-corrected chi connectivity index (χ3v) is 4.20. The topological polar surface area (TPSA) is 68.0 Å². The van der Waals surface area contributed by atoms with Gasteiger partial charge in [0.15, 0.2) is 0 Å². The Balaban J connectivity index is 1.72. The highest BCUT2D eigenvalue weighted by atomic mass is 79.9. The summed E-state index contributed by atoms with van der Waals surface area (Å²) in [4.78, 5) is 12.4. The molecule has 1 atom stereocenters. The van der Waals surface area contributed by atoms with Gasteiger partial charge in [-0.2, -0.15) is 0 Å². The van der Waals surface area contributed by atoms with E-state index >= 15 is 0 Å². The van der Waals surface area contributed by atoms with Crippen LogP contribution in [0.25, 0.3) is 11.5 Å². The fraction of sp³-hybridized carbons (Fsp3) is 0.118. The zero-order valence-electron chi connectivity index (χ0n) is 12.4. The van der Waals surface area contributed by atoms with Gasteiger partial charge in [-0.05, 0) is 42.8 Å². The molecule has 0 fully saturated rings. The van der Waals surface area contributed by atoms with Gasteiger partial charge in [-0.1, -0.05) is 34.1 Å². The molecule has 1 amide bonds. The monoisotopic (exact) mass is 371 g/mol. The number of carbonyl (C=O) groups excluding carboxylic acids is 1. The van der Waals surface area contributed by atoms with Crippen LogP contribution in [0.15, 0.2) is 63.8 Å². The Bertz CT molecular complexity index is 801. The summed E-state index contributed by atoms with van der Waals surface area (Å²) in [6.07, 6.45) is 1.27. The van der Waals surface area contributed by atoms with Gasteiger partial charge in [0, 0.05) is 15.6 Å². The van der Waals surface area contributed by atoms with E-state index in [9.17, 15) is 4.79 Å². The zero-order valence-corrected chi connectivity index (χ0v) is 13.9. The second-order valence-electron chi connectivity index (χ2n) is 5.04. The summed E-state index contributed by atoms with van der Waals surface area (Å²) >= 11 is 3.50. The molecule has 0 aliphatic rings. The maximum atomic E-state index is 12.4. The molecule has 2 aromatic carbocycles. The molecular formula is C17H14BrN3O2. The van der Waals surface area contributed by atoms with E-state index in [1.807, 2.05) is 31.2 Å². The van der Waals surface area contributed by atoms with Gasteiger partial charge in [-0.25, -0.2) is 0 Å². The van der Waals surface area contributed by atoms with Crippen molar-refractivity contribution in [2.24, 2.45) is 0 Å². The minimum absolute atomic E-state index is 0.103. The first-order chi connectivity index (χ1) is 11.1. The van der Waals surface area contributed by atoms with E-state index in [4.69, 9.17) is 4.42 Å². The molecule has 0 unspecified atom stereocenters. The number of amides is 1. The molecule has 1 N–H and O–H groups in total. The van der Waals surface area contributed by atoms with E-state index in [0.29, 0.717) is 11.5 Å². The summed E-state index contributed by atoms with van der Waals surface area (Å²) in [6.45, 7) is 1.95. The molecule has 1 heterocycles. The third kappa shape index (κ3) is 3.48. The third-order valence-electron chi connectivity index (χ3n) is 3.47. The van der Waals surface area contributed by atoms with Gasteiger partial charge in [0.05, 0.1) is 6.04 Å². The van der Waals surface area contributed by atoms with Gasteiger partial charge in [-0.15, -0.1) is 10.2 Å². The Morgan fingerprint density at radius 1 is 1.17 bits per heavy atom. The average Bonchev–Trinajstić information content (AvgIpc) is 3.09. The fourth-order valence-electron chi connectivity index (χ4n) is 2.25. The molecule has 3 aromatic rings. The second kappa shape index (κ2) is 6.75. The van der Waals surface area contributed by atoms with Crippen molar-refractivity contribution in [1.82, 2.24) is 15.5 Å². The Kier molecular flexibility index (Phi) is 4.52. The number of aromatic nitrogens is 2. The molecule has 0 radical (unpaired) electrons. The van der Waals surface area contributed by atoms with E-state index in [1.165, 1.54) is 6.39 Å². The first-order valence-corrected chi connectivity index (χ1v) is 7.86. The van der Waals surface area contributed by atoms with Gasteiger partial charge in [0.25, 0.3) is 5.91 Å². The van der Waals surface area contributed by atoms with Crippen molar-refractivity contribution >= 4 is 21.8 Å². The first kappa shape index (κ1) is 15.4. The Hall–Kier alpha value is -2.47. The second-order valence-corrected chi connectivity index (χ2v) is 5.89. The SMILES string of the molecule is C[C@H](NC(=O)c1ccc(-c2nnco2)cc1)c1ccccc1Br. The molecule has 0 saturated heterocycles. The summed E-state index contributed by atoms with van der Waals surface area (Å²) < 4.78 is 6.10. The summed E-state index contributed by atoms with van der Waals surface area (Å²) in [5, 5.41) is 10.5. The molecule has 3 rings (SSSR count). The fourth-order valence-corrected chi connectivity index (χ4v) is 2.88.